The zero-order valence-electron chi connectivity index (χ0n) is 11.2. The van der Waals surface area contributed by atoms with Crippen LogP contribution in [0.3, 0.4) is 0 Å². The van der Waals surface area contributed by atoms with Gasteiger partial charge in [-0.15, -0.1) is 0 Å². The van der Waals surface area contributed by atoms with E-state index in [0.717, 1.165) is 12.1 Å². The van der Waals surface area contributed by atoms with Crippen molar-refractivity contribution in [3.05, 3.63) is 29.3 Å². The maximum absolute atomic E-state index is 12.8. The molecule has 8 heteroatoms. The molecule has 1 unspecified atom stereocenters. The van der Waals surface area contributed by atoms with Crippen molar-refractivity contribution in [3.63, 3.8) is 0 Å². The van der Waals surface area contributed by atoms with Crippen LogP contribution in [0.25, 0.3) is 0 Å². The fraction of sp³-hybridized carbons (Fsp3) is 0.462. The molecule has 0 bridgehead atoms. The molecule has 21 heavy (non-hydrogen) atoms. The van der Waals surface area contributed by atoms with Crippen LogP contribution in [0.1, 0.15) is 11.1 Å². The molecule has 0 aliphatic carbocycles. The predicted octanol–water partition coefficient (Wildman–Crippen LogP) is 1.09. The molecule has 2 rings (SSSR count). The SMILES string of the molecule is NCc1cc(NC(=O)C2COCCN2)cc(C(F)(F)F)c1. The summed E-state index contributed by atoms with van der Waals surface area (Å²) in [5.41, 5.74) is 4.92. The van der Waals surface area contributed by atoms with Gasteiger partial charge in [-0.1, -0.05) is 0 Å². The number of halogens is 3. The largest absolute Gasteiger partial charge is 0.416 e. The summed E-state index contributed by atoms with van der Waals surface area (Å²) in [6, 6.07) is 2.71. The fourth-order valence-corrected chi connectivity index (χ4v) is 2.01. The zero-order chi connectivity index (χ0) is 15.5. The number of rotatable bonds is 3. The van der Waals surface area contributed by atoms with Crippen LogP contribution in [-0.2, 0) is 22.3 Å². The first-order valence-electron chi connectivity index (χ1n) is 6.43. The number of hydrogen-bond donors (Lipinski definition) is 3. The number of ether oxygens (including phenoxy) is 1. The van der Waals surface area contributed by atoms with Gasteiger partial charge in [0.2, 0.25) is 5.91 Å². The summed E-state index contributed by atoms with van der Waals surface area (Å²) in [5.74, 6) is -0.433. The van der Waals surface area contributed by atoms with Crippen molar-refractivity contribution in [2.75, 3.05) is 25.1 Å². The minimum Gasteiger partial charge on any atom is -0.378 e. The maximum atomic E-state index is 12.8. The summed E-state index contributed by atoms with van der Waals surface area (Å²) >= 11 is 0. The van der Waals surface area contributed by atoms with E-state index in [9.17, 15) is 18.0 Å². The minimum atomic E-state index is -4.49. The molecule has 0 aromatic heterocycles. The van der Waals surface area contributed by atoms with E-state index in [2.05, 4.69) is 10.6 Å². The Morgan fingerprint density at radius 2 is 2.19 bits per heavy atom. The normalized spacial score (nSPS) is 19.3. The Labute approximate surface area is 119 Å². The van der Waals surface area contributed by atoms with E-state index in [1.807, 2.05) is 0 Å². The van der Waals surface area contributed by atoms with Crippen molar-refractivity contribution in [2.45, 2.75) is 18.8 Å². The molecule has 1 heterocycles. The predicted molar refractivity (Wildman–Crippen MR) is 70.6 cm³/mol. The van der Waals surface area contributed by atoms with E-state index in [-0.39, 0.29) is 18.8 Å². The molecule has 1 saturated heterocycles. The number of alkyl halides is 3. The van der Waals surface area contributed by atoms with Crippen LogP contribution >= 0.6 is 0 Å². The van der Waals surface area contributed by atoms with Gasteiger partial charge in [0.25, 0.3) is 0 Å². The molecule has 1 aromatic carbocycles. The summed E-state index contributed by atoms with van der Waals surface area (Å²) in [5, 5.41) is 5.39. The Balaban J connectivity index is 2.16. The quantitative estimate of drug-likeness (QED) is 0.781. The summed E-state index contributed by atoms with van der Waals surface area (Å²) in [6.07, 6.45) is -4.49. The molecule has 1 fully saturated rings. The van der Waals surface area contributed by atoms with Crippen molar-refractivity contribution in [3.8, 4) is 0 Å². The Kier molecular flexibility index (Phi) is 4.81. The maximum Gasteiger partial charge on any atom is 0.416 e. The van der Waals surface area contributed by atoms with Gasteiger partial charge in [-0.3, -0.25) is 4.79 Å². The van der Waals surface area contributed by atoms with E-state index < -0.39 is 23.7 Å². The van der Waals surface area contributed by atoms with E-state index in [4.69, 9.17) is 10.5 Å². The number of nitrogens with one attached hydrogen (secondary N) is 2. The fourth-order valence-electron chi connectivity index (χ4n) is 2.01. The van der Waals surface area contributed by atoms with Crippen LogP contribution in [0.5, 0.6) is 0 Å². The van der Waals surface area contributed by atoms with Crippen LogP contribution in [0.4, 0.5) is 18.9 Å². The summed E-state index contributed by atoms with van der Waals surface area (Å²) in [7, 11) is 0. The number of amides is 1. The van der Waals surface area contributed by atoms with Crippen molar-refractivity contribution in [2.24, 2.45) is 5.73 Å². The second kappa shape index (κ2) is 6.42. The smallest absolute Gasteiger partial charge is 0.378 e. The molecule has 0 radical (unpaired) electrons. The minimum absolute atomic E-state index is 0.0441. The molecule has 0 spiro atoms. The van der Waals surface area contributed by atoms with Gasteiger partial charge in [0.1, 0.15) is 6.04 Å². The molecule has 1 aliphatic rings. The monoisotopic (exact) mass is 303 g/mol. The van der Waals surface area contributed by atoms with Gasteiger partial charge in [-0.05, 0) is 23.8 Å². The van der Waals surface area contributed by atoms with Gasteiger partial charge >= 0.3 is 6.18 Å². The van der Waals surface area contributed by atoms with Gasteiger partial charge in [-0.2, -0.15) is 13.2 Å². The topological polar surface area (TPSA) is 76.4 Å². The van der Waals surface area contributed by atoms with E-state index in [0.29, 0.717) is 18.7 Å². The van der Waals surface area contributed by atoms with Crippen molar-refractivity contribution < 1.29 is 22.7 Å². The molecule has 4 N–H and O–H groups in total. The molecular formula is C13H16F3N3O2. The highest BCUT2D eigenvalue weighted by molar-refractivity contribution is 5.95. The third kappa shape index (κ3) is 4.16. The van der Waals surface area contributed by atoms with Gasteiger partial charge in [0.05, 0.1) is 18.8 Å². The van der Waals surface area contributed by atoms with Crippen molar-refractivity contribution >= 4 is 11.6 Å². The molecule has 1 aliphatic heterocycles. The van der Waals surface area contributed by atoms with Crippen molar-refractivity contribution in [1.82, 2.24) is 5.32 Å². The van der Waals surface area contributed by atoms with E-state index in [1.54, 1.807) is 0 Å². The van der Waals surface area contributed by atoms with E-state index in [1.165, 1.54) is 6.07 Å². The lowest BCUT2D eigenvalue weighted by molar-refractivity contribution is -0.137. The van der Waals surface area contributed by atoms with Crippen molar-refractivity contribution in [1.29, 1.82) is 0 Å². The van der Waals surface area contributed by atoms with Crippen LogP contribution in [0.2, 0.25) is 0 Å². The number of carbonyl (C=O) groups excluding carboxylic acids is 1. The highest BCUT2D eigenvalue weighted by Gasteiger charge is 2.31. The number of hydrogen-bond acceptors (Lipinski definition) is 4. The van der Waals surface area contributed by atoms with Gasteiger partial charge in [-0.25, -0.2) is 0 Å². The molecular weight excluding hydrogens is 287 g/mol. The van der Waals surface area contributed by atoms with Crippen LogP contribution in [-0.4, -0.2) is 31.7 Å². The lowest BCUT2D eigenvalue weighted by Gasteiger charge is -2.23. The Bertz CT molecular complexity index is 514. The third-order valence-electron chi connectivity index (χ3n) is 3.06. The molecule has 1 atom stereocenters. The Morgan fingerprint density at radius 1 is 1.43 bits per heavy atom. The van der Waals surface area contributed by atoms with Crippen LogP contribution < -0.4 is 16.4 Å². The lowest BCUT2D eigenvalue weighted by Crippen LogP contribution is -2.48. The summed E-state index contributed by atoms with van der Waals surface area (Å²) < 4.78 is 43.5. The summed E-state index contributed by atoms with van der Waals surface area (Å²) in [6.45, 7) is 1.17. The zero-order valence-corrected chi connectivity index (χ0v) is 11.2. The highest BCUT2D eigenvalue weighted by Crippen LogP contribution is 2.32. The Hall–Kier alpha value is -1.64. The first-order valence-corrected chi connectivity index (χ1v) is 6.43. The third-order valence-corrected chi connectivity index (χ3v) is 3.06. The molecule has 1 amide bonds. The highest BCUT2D eigenvalue weighted by atomic mass is 19.4. The van der Waals surface area contributed by atoms with E-state index >= 15 is 0 Å². The second-order valence-corrected chi connectivity index (χ2v) is 4.69. The lowest BCUT2D eigenvalue weighted by atomic mass is 10.1. The van der Waals surface area contributed by atoms with Gasteiger partial charge in [0.15, 0.2) is 0 Å². The number of morpholine rings is 1. The number of nitrogens with two attached hydrogens (primary N) is 1. The molecule has 116 valence electrons. The van der Waals surface area contributed by atoms with Crippen LogP contribution in [0, 0.1) is 0 Å². The first-order chi connectivity index (χ1) is 9.90. The average Bonchev–Trinajstić information content (AvgIpc) is 2.46. The van der Waals surface area contributed by atoms with Crippen LogP contribution in [0.15, 0.2) is 18.2 Å². The molecule has 5 nitrogen and oxygen atoms in total. The molecule has 1 aromatic rings. The number of anilines is 1. The number of carbonyl (C=O) groups is 1. The number of benzene rings is 1. The Morgan fingerprint density at radius 3 is 2.76 bits per heavy atom. The van der Waals surface area contributed by atoms with Gasteiger partial charge in [0, 0.05) is 18.8 Å². The van der Waals surface area contributed by atoms with Gasteiger partial charge < -0.3 is 21.1 Å². The summed E-state index contributed by atoms with van der Waals surface area (Å²) in [4.78, 5) is 12.0. The molecule has 0 saturated carbocycles. The first kappa shape index (κ1) is 15.7. The second-order valence-electron chi connectivity index (χ2n) is 4.69. The average molecular weight is 303 g/mol. The standard InChI is InChI=1S/C13H16F3N3O2/c14-13(15,16)9-3-8(6-17)4-10(5-9)19-12(20)11-7-21-2-1-18-11/h3-5,11,18H,1-2,6-7,17H2,(H,19,20).